The molecule has 1 aromatic rings. The van der Waals surface area contributed by atoms with Crippen LogP contribution in [0.3, 0.4) is 0 Å². The summed E-state index contributed by atoms with van der Waals surface area (Å²) in [5.41, 5.74) is 1.08. The van der Waals surface area contributed by atoms with Crippen molar-refractivity contribution in [2.45, 2.75) is 32.7 Å². The standard InChI is InChI=1S/C14H18N2O4/c1-9(3-8-13(18)19)15-14(20)11-4-6-12(7-5-11)16-10(2)17/h4-7,9H,3,8H2,1-2H3,(H,15,20)(H,16,17)(H,18,19). The summed E-state index contributed by atoms with van der Waals surface area (Å²) in [6.45, 7) is 3.16. The van der Waals surface area contributed by atoms with Crippen LogP contribution in [-0.2, 0) is 9.59 Å². The van der Waals surface area contributed by atoms with Gasteiger partial charge in [-0.05, 0) is 37.6 Å². The number of rotatable bonds is 6. The fraction of sp³-hybridized carbons (Fsp3) is 0.357. The van der Waals surface area contributed by atoms with Gasteiger partial charge in [-0.25, -0.2) is 0 Å². The Bertz CT molecular complexity index is 496. The lowest BCUT2D eigenvalue weighted by Crippen LogP contribution is -2.32. The number of amides is 2. The van der Waals surface area contributed by atoms with E-state index in [0.29, 0.717) is 17.7 Å². The van der Waals surface area contributed by atoms with Crippen molar-refractivity contribution in [3.8, 4) is 0 Å². The highest BCUT2D eigenvalue weighted by Gasteiger charge is 2.11. The van der Waals surface area contributed by atoms with Crippen molar-refractivity contribution in [2.24, 2.45) is 0 Å². The Morgan fingerprint density at radius 2 is 1.80 bits per heavy atom. The van der Waals surface area contributed by atoms with Gasteiger partial charge in [0, 0.05) is 30.6 Å². The Kier molecular flexibility index (Phi) is 5.71. The summed E-state index contributed by atoms with van der Waals surface area (Å²) in [5.74, 6) is -1.33. The first-order valence-corrected chi connectivity index (χ1v) is 6.29. The van der Waals surface area contributed by atoms with Crippen molar-refractivity contribution >= 4 is 23.5 Å². The molecule has 1 unspecified atom stereocenters. The maximum atomic E-state index is 11.9. The number of carbonyl (C=O) groups excluding carboxylic acids is 2. The predicted molar refractivity (Wildman–Crippen MR) is 74.5 cm³/mol. The van der Waals surface area contributed by atoms with Gasteiger partial charge in [0.25, 0.3) is 5.91 Å². The van der Waals surface area contributed by atoms with E-state index >= 15 is 0 Å². The second-order valence-corrected chi connectivity index (χ2v) is 4.57. The molecule has 0 aromatic heterocycles. The number of carbonyl (C=O) groups is 3. The molecule has 0 radical (unpaired) electrons. The lowest BCUT2D eigenvalue weighted by Gasteiger charge is -2.13. The van der Waals surface area contributed by atoms with Crippen LogP contribution >= 0.6 is 0 Å². The molecule has 20 heavy (non-hydrogen) atoms. The molecule has 0 aliphatic carbocycles. The molecule has 0 aliphatic rings. The molecule has 108 valence electrons. The van der Waals surface area contributed by atoms with Crippen LogP contribution in [0, 0.1) is 0 Å². The summed E-state index contributed by atoms with van der Waals surface area (Å²) in [6, 6.07) is 6.26. The molecule has 0 saturated carbocycles. The van der Waals surface area contributed by atoms with Crippen LogP contribution in [0.25, 0.3) is 0 Å². The molecule has 3 N–H and O–H groups in total. The molecule has 1 atom stereocenters. The van der Waals surface area contributed by atoms with Crippen molar-refractivity contribution in [2.75, 3.05) is 5.32 Å². The van der Waals surface area contributed by atoms with Crippen molar-refractivity contribution < 1.29 is 19.5 Å². The van der Waals surface area contributed by atoms with E-state index in [4.69, 9.17) is 5.11 Å². The zero-order valence-electron chi connectivity index (χ0n) is 11.5. The highest BCUT2D eigenvalue weighted by Crippen LogP contribution is 2.10. The van der Waals surface area contributed by atoms with Gasteiger partial charge < -0.3 is 15.7 Å². The number of nitrogens with one attached hydrogen (secondary N) is 2. The predicted octanol–water partition coefficient (Wildman–Crippen LogP) is 1.63. The minimum absolute atomic E-state index is 0.0168. The van der Waals surface area contributed by atoms with Crippen LogP contribution in [-0.4, -0.2) is 28.9 Å². The number of hydrogen-bond donors (Lipinski definition) is 3. The van der Waals surface area contributed by atoms with E-state index in [-0.39, 0.29) is 24.3 Å². The van der Waals surface area contributed by atoms with E-state index in [1.165, 1.54) is 6.92 Å². The third-order valence-corrected chi connectivity index (χ3v) is 2.64. The van der Waals surface area contributed by atoms with Crippen molar-refractivity contribution in [3.05, 3.63) is 29.8 Å². The molecule has 6 nitrogen and oxygen atoms in total. The number of carboxylic acid groups (broad SMARTS) is 1. The maximum absolute atomic E-state index is 11.9. The maximum Gasteiger partial charge on any atom is 0.303 e. The molecule has 0 saturated heterocycles. The average molecular weight is 278 g/mol. The quantitative estimate of drug-likeness (QED) is 0.737. The lowest BCUT2D eigenvalue weighted by molar-refractivity contribution is -0.137. The van der Waals surface area contributed by atoms with Gasteiger partial charge in [-0.15, -0.1) is 0 Å². The lowest BCUT2D eigenvalue weighted by atomic mass is 10.1. The Morgan fingerprint density at radius 1 is 1.20 bits per heavy atom. The summed E-state index contributed by atoms with van der Waals surface area (Å²) in [7, 11) is 0. The number of aliphatic carboxylic acids is 1. The second-order valence-electron chi connectivity index (χ2n) is 4.57. The normalized spacial score (nSPS) is 11.5. The van der Waals surface area contributed by atoms with E-state index < -0.39 is 5.97 Å². The topological polar surface area (TPSA) is 95.5 Å². The minimum Gasteiger partial charge on any atom is -0.481 e. The van der Waals surface area contributed by atoms with Gasteiger partial charge >= 0.3 is 5.97 Å². The van der Waals surface area contributed by atoms with Gasteiger partial charge in [-0.3, -0.25) is 14.4 Å². The zero-order chi connectivity index (χ0) is 15.1. The van der Waals surface area contributed by atoms with E-state index in [9.17, 15) is 14.4 Å². The van der Waals surface area contributed by atoms with Crippen LogP contribution in [0.5, 0.6) is 0 Å². The SMILES string of the molecule is CC(=O)Nc1ccc(C(=O)NC(C)CCC(=O)O)cc1. The molecule has 0 heterocycles. The molecule has 0 spiro atoms. The summed E-state index contributed by atoms with van der Waals surface area (Å²) >= 11 is 0. The van der Waals surface area contributed by atoms with E-state index in [1.807, 2.05) is 0 Å². The summed E-state index contributed by atoms with van der Waals surface area (Å²) in [6.07, 6.45) is 0.397. The Labute approximate surface area is 117 Å². The number of carboxylic acids is 1. The molecule has 0 fully saturated rings. The Morgan fingerprint density at radius 3 is 2.30 bits per heavy atom. The first-order valence-electron chi connectivity index (χ1n) is 6.29. The molecule has 1 rings (SSSR count). The Balaban J connectivity index is 2.54. The van der Waals surface area contributed by atoms with Crippen LogP contribution in [0.4, 0.5) is 5.69 Å². The van der Waals surface area contributed by atoms with Crippen LogP contribution in [0.15, 0.2) is 24.3 Å². The molecule has 0 bridgehead atoms. The van der Waals surface area contributed by atoms with Crippen LogP contribution in [0.1, 0.15) is 37.0 Å². The monoisotopic (exact) mass is 278 g/mol. The summed E-state index contributed by atoms with van der Waals surface area (Å²) in [5, 5.41) is 13.9. The molecule has 1 aromatic carbocycles. The Hall–Kier alpha value is -2.37. The first kappa shape index (κ1) is 15.7. The molecular formula is C14H18N2O4. The third-order valence-electron chi connectivity index (χ3n) is 2.64. The van der Waals surface area contributed by atoms with Gasteiger partial charge in [0.2, 0.25) is 5.91 Å². The van der Waals surface area contributed by atoms with Gasteiger partial charge in [-0.1, -0.05) is 0 Å². The van der Waals surface area contributed by atoms with Gasteiger partial charge in [0.05, 0.1) is 0 Å². The smallest absolute Gasteiger partial charge is 0.303 e. The molecule has 6 heteroatoms. The van der Waals surface area contributed by atoms with Crippen molar-refractivity contribution in [3.63, 3.8) is 0 Å². The highest BCUT2D eigenvalue weighted by atomic mass is 16.4. The van der Waals surface area contributed by atoms with E-state index in [1.54, 1.807) is 31.2 Å². The summed E-state index contributed by atoms with van der Waals surface area (Å²) in [4.78, 5) is 33.2. The summed E-state index contributed by atoms with van der Waals surface area (Å²) < 4.78 is 0. The number of hydrogen-bond acceptors (Lipinski definition) is 3. The van der Waals surface area contributed by atoms with Crippen molar-refractivity contribution in [1.82, 2.24) is 5.32 Å². The fourth-order valence-corrected chi connectivity index (χ4v) is 1.63. The fourth-order valence-electron chi connectivity index (χ4n) is 1.63. The zero-order valence-corrected chi connectivity index (χ0v) is 11.5. The minimum atomic E-state index is -0.884. The van der Waals surface area contributed by atoms with Crippen LogP contribution in [0.2, 0.25) is 0 Å². The van der Waals surface area contributed by atoms with Crippen molar-refractivity contribution in [1.29, 1.82) is 0 Å². The van der Waals surface area contributed by atoms with Gasteiger partial charge in [-0.2, -0.15) is 0 Å². The second kappa shape index (κ2) is 7.28. The van der Waals surface area contributed by atoms with Crippen LogP contribution < -0.4 is 10.6 Å². The number of anilines is 1. The van der Waals surface area contributed by atoms with Gasteiger partial charge in [0.15, 0.2) is 0 Å². The van der Waals surface area contributed by atoms with Gasteiger partial charge in [0.1, 0.15) is 0 Å². The average Bonchev–Trinajstić information content (AvgIpc) is 2.36. The molecule has 2 amide bonds. The third kappa shape index (κ3) is 5.51. The van der Waals surface area contributed by atoms with E-state index in [0.717, 1.165) is 0 Å². The largest absolute Gasteiger partial charge is 0.481 e. The molecular weight excluding hydrogens is 260 g/mol. The first-order chi connectivity index (χ1) is 9.38. The number of benzene rings is 1. The molecule has 0 aliphatic heterocycles. The highest BCUT2D eigenvalue weighted by molar-refractivity contribution is 5.95. The van der Waals surface area contributed by atoms with E-state index in [2.05, 4.69) is 10.6 Å².